The number of thiocarbonyl (C=S) groups is 1. The molecule has 4 nitrogen and oxygen atoms in total. The molecular formula is C24H18F2N2O2S. The number of benzene rings is 3. The Kier molecular flexibility index (Phi) is 4.82. The van der Waals surface area contributed by atoms with E-state index in [4.69, 9.17) is 21.7 Å². The smallest absolute Gasteiger partial charge is 0.208 e. The minimum atomic E-state index is -0.454. The second-order valence-electron chi connectivity index (χ2n) is 7.32. The maximum atomic E-state index is 14.2. The lowest BCUT2D eigenvalue weighted by Gasteiger charge is -2.42. The van der Waals surface area contributed by atoms with Crippen LogP contribution in [0.15, 0.2) is 78.2 Å². The predicted molar refractivity (Wildman–Crippen MR) is 118 cm³/mol. The van der Waals surface area contributed by atoms with Gasteiger partial charge in [0.25, 0.3) is 0 Å². The zero-order valence-corrected chi connectivity index (χ0v) is 17.4. The molecule has 2 aliphatic heterocycles. The second kappa shape index (κ2) is 7.67. The molecular weight excluding hydrogens is 418 g/mol. The van der Waals surface area contributed by atoms with Gasteiger partial charge in [0.2, 0.25) is 5.88 Å². The lowest BCUT2D eigenvalue weighted by molar-refractivity contribution is 0.358. The van der Waals surface area contributed by atoms with Gasteiger partial charge in [-0.3, -0.25) is 4.90 Å². The van der Waals surface area contributed by atoms with E-state index in [1.165, 1.54) is 24.3 Å². The second-order valence-corrected chi connectivity index (χ2v) is 7.73. The molecule has 0 bridgehead atoms. The molecule has 1 atom stereocenters. The molecule has 2 heterocycles. The summed E-state index contributed by atoms with van der Waals surface area (Å²) in [5, 5.41) is 3.34. The summed E-state index contributed by atoms with van der Waals surface area (Å²) >= 11 is 5.66. The minimum Gasteiger partial charge on any atom is -0.497 e. The normalized spacial score (nSPS) is 17.5. The van der Waals surface area contributed by atoms with Crippen molar-refractivity contribution in [2.45, 2.75) is 12.6 Å². The standard InChI is InChI=1S/C24H18F2N2O2S/c1-29-19-7-2-4-14(11-19)22-27-23(31)20-12-15-10-17(26)8-9-21(15)30-24(20)28(22)18-6-3-5-16(25)13-18/h2-11,13,22H,12H2,1H3,(H,27,31)/t22-/m0/s1. The zero-order chi connectivity index (χ0) is 21.5. The van der Waals surface area contributed by atoms with Gasteiger partial charge < -0.3 is 14.8 Å². The van der Waals surface area contributed by atoms with Gasteiger partial charge in [0, 0.05) is 17.7 Å². The third-order valence-electron chi connectivity index (χ3n) is 5.37. The highest BCUT2D eigenvalue weighted by Crippen LogP contribution is 2.41. The van der Waals surface area contributed by atoms with Crippen LogP contribution in [0.2, 0.25) is 0 Å². The summed E-state index contributed by atoms with van der Waals surface area (Å²) < 4.78 is 39.5. The van der Waals surface area contributed by atoms with E-state index in [1.807, 2.05) is 29.2 Å². The summed E-state index contributed by atoms with van der Waals surface area (Å²) in [4.78, 5) is 2.38. The van der Waals surface area contributed by atoms with Crippen molar-refractivity contribution in [3.05, 3.63) is 101 Å². The van der Waals surface area contributed by atoms with Gasteiger partial charge in [-0.05, 0) is 54.1 Å². The van der Waals surface area contributed by atoms with Gasteiger partial charge in [0.05, 0.1) is 12.7 Å². The van der Waals surface area contributed by atoms with Crippen LogP contribution in [0.25, 0.3) is 0 Å². The highest BCUT2D eigenvalue weighted by atomic mass is 32.1. The van der Waals surface area contributed by atoms with Gasteiger partial charge >= 0.3 is 0 Å². The molecule has 1 N–H and O–H groups in total. The molecule has 31 heavy (non-hydrogen) atoms. The molecule has 3 aromatic rings. The maximum Gasteiger partial charge on any atom is 0.208 e. The Morgan fingerprint density at radius 2 is 1.84 bits per heavy atom. The van der Waals surface area contributed by atoms with Crippen molar-refractivity contribution in [3.63, 3.8) is 0 Å². The Morgan fingerprint density at radius 1 is 1.03 bits per heavy atom. The van der Waals surface area contributed by atoms with Crippen molar-refractivity contribution in [1.29, 1.82) is 0 Å². The average Bonchev–Trinajstić information content (AvgIpc) is 2.78. The molecule has 0 amide bonds. The molecule has 156 valence electrons. The van der Waals surface area contributed by atoms with E-state index in [9.17, 15) is 8.78 Å². The number of methoxy groups -OCH3 is 1. The minimum absolute atomic E-state index is 0.336. The number of hydrogen-bond donors (Lipinski definition) is 1. The molecule has 5 rings (SSSR count). The Hall–Kier alpha value is -3.45. The molecule has 0 spiro atoms. The van der Waals surface area contributed by atoms with Crippen LogP contribution < -0.4 is 19.7 Å². The highest BCUT2D eigenvalue weighted by Gasteiger charge is 2.38. The van der Waals surface area contributed by atoms with Gasteiger partial charge in [-0.1, -0.05) is 30.4 Å². The zero-order valence-electron chi connectivity index (χ0n) is 16.6. The number of hydrogen-bond acceptors (Lipinski definition) is 4. The topological polar surface area (TPSA) is 33.7 Å². The van der Waals surface area contributed by atoms with E-state index < -0.39 is 6.17 Å². The predicted octanol–water partition coefficient (Wildman–Crippen LogP) is 5.26. The van der Waals surface area contributed by atoms with E-state index in [2.05, 4.69) is 5.32 Å². The first-order chi connectivity index (χ1) is 15.0. The van der Waals surface area contributed by atoms with Crippen molar-refractivity contribution in [1.82, 2.24) is 5.32 Å². The van der Waals surface area contributed by atoms with Crippen LogP contribution in [0.4, 0.5) is 14.5 Å². The van der Waals surface area contributed by atoms with Crippen molar-refractivity contribution in [2.75, 3.05) is 12.0 Å². The molecule has 0 aliphatic carbocycles. The van der Waals surface area contributed by atoms with E-state index in [1.54, 1.807) is 25.3 Å². The fourth-order valence-corrected chi connectivity index (χ4v) is 4.19. The number of nitrogens with zero attached hydrogens (tertiary/aromatic N) is 1. The van der Waals surface area contributed by atoms with Gasteiger partial charge in [0.1, 0.15) is 34.3 Å². The molecule has 0 radical (unpaired) electrons. The summed E-state index contributed by atoms with van der Waals surface area (Å²) in [5.41, 5.74) is 2.89. The quantitative estimate of drug-likeness (QED) is 0.567. The number of ether oxygens (including phenoxy) is 2. The Labute approximate surface area is 183 Å². The van der Waals surface area contributed by atoms with Crippen LogP contribution in [0.5, 0.6) is 11.5 Å². The van der Waals surface area contributed by atoms with Crippen molar-refractivity contribution < 1.29 is 18.3 Å². The number of halogens is 2. The molecule has 2 aliphatic rings. The first kappa shape index (κ1) is 19.5. The Bertz CT molecular complexity index is 1230. The number of anilines is 1. The van der Waals surface area contributed by atoms with Gasteiger partial charge in [-0.15, -0.1) is 0 Å². The SMILES string of the molecule is COc1cccc([C@H]2NC(=S)C3=C(Oc4ccc(F)cc4C3)N2c2cccc(F)c2)c1. The monoisotopic (exact) mass is 436 g/mol. The van der Waals surface area contributed by atoms with Crippen molar-refractivity contribution in [2.24, 2.45) is 0 Å². The Morgan fingerprint density at radius 3 is 2.65 bits per heavy atom. The van der Waals surface area contributed by atoms with Crippen LogP contribution >= 0.6 is 12.2 Å². The number of nitrogens with one attached hydrogen (secondary N) is 1. The van der Waals surface area contributed by atoms with Gasteiger partial charge in [-0.2, -0.15) is 0 Å². The van der Waals surface area contributed by atoms with E-state index in [-0.39, 0.29) is 11.6 Å². The van der Waals surface area contributed by atoms with Crippen LogP contribution in [0.3, 0.4) is 0 Å². The van der Waals surface area contributed by atoms with Crippen LogP contribution in [0.1, 0.15) is 17.3 Å². The number of rotatable bonds is 3. The van der Waals surface area contributed by atoms with Crippen molar-refractivity contribution >= 4 is 22.9 Å². The lowest BCUT2D eigenvalue weighted by atomic mass is 9.98. The fourth-order valence-electron chi connectivity index (χ4n) is 3.92. The van der Waals surface area contributed by atoms with E-state index in [0.717, 1.165) is 11.1 Å². The molecule has 0 saturated heterocycles. The third-order valence-corrected chi connectivity index (χ3v) is 5.73. The van der Waals surface area contributed by atoms with Gasteiger partial charge in [-0.25, -0.2) is 8.78 Å². The van der Waals surface area contributed by atoms with Crippen LogP contribution in [0, 0.1) is 11.6 Å². The molecule has 7 heteroatoms. The van der Waals surface area contributed by atoms with Crippen LogP contribution in [-0.4, -0.2) is 12.1 Å². The van der Waals surface area contributed by atoms with E-state index in [0.29, 0.717) is 40.0 Å². The highest BCUT2D eigenvalue weighted by molar-refractivity contribution is 7.80. The summed E-state index contributed by atoms with van der Waals surface area (Å²) in [6.45, 7) is 0. The average molecular weight is 436 g/mol. The summed E-state index contributed by atoms with van der Waals surface area (Å²) in [5.74, 6) is 1.04. The van der Waals surface area contributed by atoms with Gasteiger partial charge in [0.15, 0.2) is 0 Å². The molecule has 0 fully saturated rings. The summed E-state index contributed by atoms with van der Waals surface area (Å²) in [6.07, 6.45) is -0.0459. The number of fused-ring (bicyclic) bond motifs is 1. The molecule has 3 aromatic carbocycles. The van der Waals surface area contributed by atoms with E-state index >= 15 is 0 Å². The first-order valence-corrected chi connectivity index (χ1v) is 10.1. The fraction of sp³-hybridized carbons (Fsp3) is 0.125. The lowest BCUT2D eigenvalue weighted by Crippen LogP contribution is -2.49. The molecule has 0 unspecified atom stereocenters. The third kappa shape index (κ3) is 3.51. The first-order valence-electron chi connectivity index (χ1n) is 9.72. The van der Waals surface area contributed by atoms with Crippen molar-refractivity contribution in [3.8, 4) is 11.5 Å². The largest absolute Gasteiger partial charge is 0.497 e. The summed E-state index contributed by atoms with van der Waals surface area (Å²) in [7, 11) is 1.60. The Balaban J connectivity index is 1.67. The molecule has 0 saturated carbocycles. The maximum absolute atomic E-state index is 14.2. The van der Waals surface area contributed by atoms with Crippen LogP contribution in [-0.2, 0) is 6.42 Å². The molecule has 0 aromatic heterocycles. The summed E-state index contributed by atoms with van der Waals surface area (Å²) in [6, 6.07) is 18.3.